The van der Waals surface area contributed by atoms with Gasteiger partial charge in [0, 0.05) is 12.6 Å². The Kier molecular flexibility index (Phi) is 9.62. The van der Waals surface area contributed by atoms with E-state index in [9.17, 15) is 13.2 Å². The number of hydrogen-bond donors (Lipinski definition) is 3. The van der Waals surface area contributed by atoms with E-state index in [-0.39, 0.29) is 36.7 Å². The molecule has 0 aromatic carbocycles. The second-order valence-electron chi connectivity index (χ2n) is 5.01. The van der Waals surface area contributed by atoms with Gasteiger partial charge in [0.15, 0.2) is 0 Å². The van der Waals surface area contributed by atoms with E-state index in [0.717, 1.165) is 6.42 Å². The average Bonchev–Trinajstić information content (AvgIpc) is 2.14. The summed E-state index contributed by atoms with van der Waals surface area (Å²) in [6, 6.07) is -0.148. The normalized spacial score (nSPS) is 14.6. The van der Waals surface area contributed by atoms with E-state index in [1.54, 1.807) is 20.8 Å². The van der Waals surface area contributed by atoms with Gasteiger partial charge < -0.3 is 11.1 Å². The van der Waals surface area contributed by atoms with Crippen LogP contribution in [0.2, 0.25) is 0 Å². The van der Waals surface area contributed by atoms with Crippen molar-refractivity contribution in [1.82, 2.24) is 10.0 Å². The molecule has 0 aromatic rings. The van der Waals surface area contributed by atoms with E-state index in [4.69, 9.17) is 5.73 Å². The monoisotopic (exact) mass is 315 g/mol. The van der Waals surface area contributed by atoms with E-state index in [0.29, 0.717) is 6.42 Å². The van der Waals surface area contributed by atoms with Crippen LogP contribution in [0.1, 0.15) is 40.5 Å². The Morgan fingerprint density at radius 1 is 1.37 bits per heavy atom. The quantitative estimate of drug-likeness (QED) is 0.602. The van der Waals surface area contributed by atoms with Crippen molar-refractivity contribution in [3.05, 3.63) is 0 Å². The maximum atomic E-state index is 11.7. The Morgan fingerprint density at radius 2 is 1.89 bits per heavy atom. The van der Waals surface area contributed by atoms with Crippen molar-refractivity contribution in [2.45, 2.75) is 52.1 Å². The highest BCUT2D eigenvalue weighted by atomic mass is 35.5. The Labute approximate surface area is 122 Å². The molecule has 0 aliphatic carbocycles. The Hall–Kier alpha value is -0.370. The largest absolute Gasteiger partial charge is 0.353 e. The van der Waals surface area contributed by atoms with Crippen LogP contribution in [0.5, 0.6) is 0 Å². The first-order valence-corrected chi connectivity index (χ1v) is 7.83. The molecule has 0 radical (unpaired) electrons. The van der Waals surface area contributed by atoms with Gasteiger partial charge in [0.05, 0.1) is 11.3 Å². The van der Waals surface area contributed by atoms with Gasteiger partial charge in [0.1, 0.15) is 0 Å². The van der Waals surface area contributed by atoms with Crippen LogP contribution in [0.4, 0.5) is 0 Å². The third kappa shape index (κ3) is 9.21. The maximum Gasteiger partial charge on any atom is 0.239 e. The summed E-state index contributed by atoms with van der Waals surface area (Å²) in [6.07, 6.45) is 1.36. The fourth-order valence-electron chi connectivity index (χ4n) is 1.55. The predicted octanol–water partition coefficient (Wildman–Crippen LogP) is 0.370. The van der Waals surface area contributed by atoms with Gasteiger partial charge in [0.2, 0.25) is 15.9 Å². The number of carbonyl (C=O) groups excluding carboxylic acids is 1. The van der Waals surface area contributed by atoms with Gasteiger partial charge in [-0.3, -0.25) is 4.79 Å². The molecule has 1 unspecified atom stereocenters. The summed E-state index contributed by atoms with van der Waals surface area (Å²) >= 11 is 0. The lowest BCUT2D eigenvalue weighted by Crippen LogP contribution is -2.52. The van der Waals surface area contributed by atoms with Crippen LogP contribution in [0.25, 0.3) is 0 Å². The average molecular weight is 316 g/mol. The molecule has 19 heavy (non-hydrogen) atoms. The van der Waals surface area contributed by atoms with E-state index < -0.39 is 15.6 Å². The molecule has 116 valence electrons. The Bertz CT molecular complexity index is 369. The highest BCUT2D eigenvalue weighted by Gasteiger charge is 2.27. The molecule has 0 bridgehead atoms. The number of nitrogens with one attached hydrogen (secondary N) is 2. The molecule has 0 aliphatic rings. The smallest absolute Gasteiger partial charge is 0.239 e. The molecule has 1 atom stereocenters. The predicted molar refractivity (Wildman–Crippen MR) is 79.8 cm³/mol. The SMILES string of the molecule is CCCC(C)(N)C(=O)NCCS(=O)(=O)NC(C)C.Cl. The molecule has 0 aliphatic heterocycles. The van der Waals surface area contributed by atoms with Crippen molar-refractivity contribution < 1.29 is 13.2 Å². The first kappa shape index (κ1) is 20.9. The molecular weight excluding hydrogens is 290 g/mol. The van der Waals surface area contributed by atoms with Crippen molar-refractivity contribution in [1.29, 1.82) is 0 Å². The maximum absolute atomic E-state index is 11.7. The molecule has 0 fully saturated rings. The number of amides is 1. The first-order chi connectivity index (χ1) is 8.10. The van der Waals surface area contributed by atoms with Crippen LogP contribution in [-0.4, -0.2) is 38.2 Å². The molecular formula is C11H26ClN3O3S. The number of rotatable bonds is 8. The van der Waals surface area contributed by atoms with Crippen molar-refractivity contribution in [3.8, 4) is 0 Å². The van der Waals surface area contributed by atoms with E-state index in [2.05, 4.69) is 10.0 Å². The third-order valence-corrected chi connectivity index (χ3v) is 3.93. The van der Waals surface area contributed by atoms with Crippen LogP contribution in [0.15, 0.2) is 0 Å². The van der Waals surface area contributed by atoms with Gasteiger partial charge in [-0.1, -0.05) is 13.3 Å². The summed E-state index contributed by atoms with van der Waals surface area (Å²) in [5.74, 6) is -0.455. The molecule has 1 amide bonds. The van der Waals surface area contributed by atoms with Crippen LogP contribution in [0.3, 0.4) is 0 Å². The van der Waals surface area contributed by atoms with E-state index >= 15 is 0 Å². The van der Waals surface area contributed by atoms with E-state index in [1.807, 2.05) is 6.92 Å². The van der Waals surface area contributed by atoms with Crippen molar-refractivity contribution >= 4 is 28.3 Å². The van der Waals surface area contributed by atoms with Gasteiger partial charge in [-0.15, -0.1) is 12.4 Å². The molecule has 8 heteroatoms. The molecule has 0 aromatic heterocycles. The Balaban J connectivity index is 0. The minimum atomic E-state index is -3.34. The molecule has 0 rings (SSSR count). The molecule has 6 nitrogen and oxygen atoms in total. The zero-order chi connectivity index (χ0) is 14.4. The lowest BCUT2D eigenvalue weighted by atomic mass is 9.97. The summed E-state index contributed by atoms with van der Waals surface area (Å²) in [4.78, 5) is 11.7. The third-order valence-electron chi connectivity index (χ3n) is 2.36. The minimum Gasteiger partial charge on any atom is -0.353 e. The number of nitrogens with two attached hydrogens (primary N) is 1. The van der Waals surface area contributed by atoms with E-state index in [1.165, 1.54) is 0 Å². The summed E-state index contributed by atoms with van der Waals surface area (Å²) in [7, 11) is -3.34. The summed E-state index contributed by atoms with van der Waals surface area (Å²) in [5, 5.41) is 2.55. The number of hydrogen-bond acceptors (Lipinski definition) is 4. The van der Waals surface area contributed by atoms with Gasteiger partial charge in [0.25, 0.3) is 0 Å². The number of sulfonamides is 1. The fraction of sp³-hybridized carbons (Fsp3) is 0.909. The number of carbonyl (C=O) groups is 1. The molecule has 0 spiro atoms. The first-order valence-electron chi connectivity index (χ1n) is 6.18. The standard InChI is InChI=1S/C11H25N3O3S.ClH/c1-5-6-11(4,12)10(15)13-7-8-18(16,17)14-9(2)3;/h9,14H,5-8,12H2,1-4H3,(H,13,15);1H. The highest BCUT2D eigenvalue weighted by molar-refractivity contribution is 7.89. The lowest BCUT2D eigenvalue weighted by Gasteiger charge is -2.22. The summed E-state index contributed by atoms with van der Waals surface area (Å²) in [5.41, 5.74) is 4.88. The van der Waals surface area contributed by atoms with Crippen LogP contribution in [0, 0.1) is 0 Å². The van der Waals surface area contributed by atoms with Gasteiger partial charge in [-0.05, 0) is 27.2 Å². The van der Waals surface area contributed by atoms with Gasteiger partial charge in [-0.25, -0.2) is 13.1 Å². The zero-order valence-electron chi connectivity index (χ0n) is 12.0. The molecule has 4 N–H and O–H groups in total. The van der Waals surface area contributed by atoms with Crippen LogP contribution >= 0.6 is 12.4 Å². The van der Waals surface area contributed by atoms with Crippen molar-refractivity contribution in [2.75, 3.05) is 12.3 Å². The molecule has 0 saturated carbocycles. The van der Waals surface area contributed by atoms with Crippen molar-refractivity contribution in [2.24, 2.45) is 5.73 Å². The fourth-order valence-corrected chi connectivity index (χ4v) is 2.76. The molecule has 0 heterocycles. The van der Waals surface area contributed by atoms with Crippen molar-refractivity contribution in [3.63, 3.8) is 0 Å². The summed E-state index contributed by atoms with van der Waals surface area (Å²) in [6.45, 7) is 7.14. The minimum absolute atomic E-state index is 0. The highest BCUT2D eigenvalue weighted by Crippen LogP contribution is 2.07. The second kappa shape index (κ2) is 8.73. The summed E-state index contributed by atoms with van der Waals surface area (Å²) < 4.78 is 25.5. The number of halogens is 1. The van der Waals surface area contributed by atoms with Gasteiger partial charge in [-0.2, -0.15) is 0 Å². The lowest BCUT2D eigenvalue weighted by molar-refractivity contribution is -0.125. The zero-order valence-corrected chi connectivity index (χ0v) is 13.7. The Morgan fingerprint density at radius 3 is 2.32 bits per heavy atom. The van der Waals surface area contributed by atoms with Crippen LogP contribution in [-0.2, 0) is 14.8 Å². The molecule has 0 saturated heterocycles. The van der Waals surface area contributed by atoms with Crippen LogP contribution < -0.4 is 15.8 Å². The topological polar surface area (TPSA) is 101 Å². The second-order valence-corrected chi connectivity index (χ2v) is 6.89. The van der Waals surface area contributed by atoms with Gasteiger partial charge >= 0.3 is 0 Å².